The van der Waals surface area contributed by atoms with E-state index in [2.05, 4.69) is 12.2 Å². The number of aliphatic hydroxyl groups excluding tert-OH is 1. The van der Waals surface area contributed by atoms with Crippen molar-refractivity contribution in [1.82, 2.24) is 10.2 Å². The van der Waals surface area contributed by atoms with Crippen LogP contribution < -0.4 is 5.32 Å². The fraction of sp³-hybridized carbons (Fsp3) is 0.929. The molecule has 0 heterocycles. The van der Waals surface area contributed by atoms with Crippen molar-refractivity contribution in [3.05, 3.63) is 0 Å². The summed E-state index contributed by atoms with van der Waals surface area (Å²) in [5.41, 5.74) is -0.555. The maximum Gasteiger partial charge on any atom is 0.410 e. The SMILES string of the molecule is CCC(C)(CO)CNCCN(C)C(=O)OC(C)(C)C. The third-order valence-electron chi connectivity index (χ3n) is 3.12. The van der Waals surface area contributed by atoms with E-state index in [0.717, 1.165) is 13.0 Å². The van der Waals surface area contributed by atoms with Gasteiger partial charge in [-0.05, 0) is 27.2 Å². The van der Waals surface area contributed by atoms with Gasteiger partial charge in [0.05, 0.1) is 0 Å². The number of aliphatic hydroxyl groups is 1. The van der Waals surface area contributed by atoms with Crippen molar-refractivity contribution in [3.8, 4) is 0 Å². The minimum absolute atomic E-state index is 0.0928. The molecule has 5 heteroatoms. The molecule has 1 amide bonds. The Kier molecular flexibility index (Phi) is 7.37. The summed E-state index contributed by atoms with van der Waals surface area (Å²) in [4.78, 5) is 13.3. The predicted molar refractivity (Wildman–Crippen MR) is 77.2 cm³/mol. The summed E-state index contributed by atoms with van der Waals surface area (Å²) < 4.78 is 5.26. The van der Waals surface area contributed by atoms with Gasteiger partial charge in [-0.1, -0.05) is 13.8 Å². The smallest absolute Gasteiger partial charge is 0.410 e. The molecule has 0 aromatic rings. The van der Waals surface area contributed by atoms with Crippen molar-refractivity contribution in [2.45, 2.75) is 46.6 Å². The van der Waals surface area contributed by atoms with E-state index < -0.39 is 5.60 Å². The van der Waals surface area contributed by atoms with E-state index >= 15 is 0 Å². The molecule has 0 aromatic heterocycles. The van der Waals surface area contributed by atoms with Crippen LogP contribution in [0.2, 0.25) is 0 Å². The Balaban J connectivity index is 3.92. The van der Waals surface area contributed by atoms with E-state index in [4.69, 9.17) is 4.74 Å². The Morgan fingerprint density at radius 1 is 1.32 bits per heavy atom. The van der Waals surface area contributed by atoms with Gasteiger partial charge in [-0.25, -0.2) is 4.79 Å². The van der Waals surface area contributed by atoms with Crippen LogP contribution in [0.4, 0.5) is 4.79 Å². The third kappa shape index (κ3) is 8.06. The first-order valence-corrected chi connectivity index (χ1v) is 6.89. The molecule has 1 unspecified atom stereocenters. The third-order valence-corrected chi connectivity index (χ3v) is 3.12. The van der Waals surface area contributed by atoms with E-state index in [1.165, 1.54) is 0 Å². The summed E-state index contributed by atoms with van der Waals surface area (Å²) >= 11 is 0. The van der Waals surface area contributed by atoms with E-state index in [1.807, 2.05) is 27.7 Å². The fourth-order valence-corrected chi connectivity index (χ4v) is 1.36. The monoisotopic (exact) mass is 274 g/mol. The molecule has 0 aliphatic carbocycles. The van der Waals surface area contributed by atoms with Gasteiger partial charge >= 0.3 is 6.09 Å². The number of nitrogens with one attached hydrogen (secondary N) is 1. The van der Waals surface area contributed by atoms with Crippen molar-refractivity contribution in [2.24, 2.45) is 5.41 Å². The molecule has 0 bridgehead atoms. The molecule has 1 atom stereocenters. The summed E-state index contributed by atoms with van der Waals surface area (Å²) in [6.07, 6.45) is 0.605. The molecule has 2 N–H and O–H groups in total. The topological polar surface area (TPSA) is 61.8 Å². The van der Waals surface area contributed by atoms with Gasteiger partial charge in [0.1, 0.15) is 5.60 Å². The maximum absolute atomic E-state index is 11.7. The Morgan fingerprint density at radius 3 is 2.32 bits per heavy atom. The standard InChI is InChI=1S/C14H30N2O3/c1-7-14(5,11-17)10-15-8-9-16(6)12(18)19-13(2,3)4/h15,17H,7-11H2,1-6H3. The first kappa shape index (κ1) is 18.2. The molecular formula is C14H30N2O3. The van der Waals surface area contributed by atoms with Crippen LogP contribution in [-0.2, 0) is 4.74 Å². The summed E-state index contributed by atoms with van der Waals surface area (Å²) in [6, 6.07) is 0. The molecule has 19 heavy (non-hydrogen) atoms. The molecular weight excluding hydrogens is 244 g/mol. The van der Waals surface area contributed by atoms with Crippen molar-refractivity contribution < 1.29 is 14.6 Å². The fourth-order valence-electron chi connectivity index (χ4n) is 1.36. The number of hydrogen-bond acceptors (Lipinski definition) is 4. The Bertz CT molecular complexity index is 270. The van der Waals surface area contributed by atoms with Crippen LogP contribution >= 0.6 is 0 Å². The highest BCUT2D eigenvalue weighted by molar-refractivity contribution is 5.67. The highest BCUT2D eigenvalue weighted by Crippen LogP contribution is 2.18. The number of carbonyl (C=O) groups excluding carboxylic acids is 1. The summed E-state index contributed by atoms with van der Waals surface area (Å²) in [6.45, 7) is 11.8. The van der Waals surface area contributed by atoms with Gasteiger partial charge in [0.2, 0.25) is 0 Å². The molecule has 0 aromatic carbocycles. The molecule has 0 radical (unpaired) electrons. The summed E-state index contributed by atoms with van der Waals surface area (Å²) in [5.74, 6) is 0. The summed E-state index contributed by atoms with van der Waals surface area (Å²) in [7, 11) is 1.72. The lowest BCUT2D eigenvalue weighted by Crippen LogP contribution is -2.41. The predicted octanol–water partition coefficient (Wildman–Crippen LogP) is 1.85. The van der Waals surface area contributed by atoms with Crippen LogP contribution in [0.5, 0.6) is 0 Å². The maximum atomic E-state index is 11.7. The number of rotatable bonds is 7. The molecule has 0 aliphatic heterocycles. The quantitative estimate of drug-likeness (QED) is 0.696. The van der Waals surface area contributed by atoms with Gasteiger partial charge in [-0.2, -0.15) is 0 Å². The number of likely N-dealkylation sites (N-methyl/N-ethyl adjacent to an activating group) is 1. The second kappa shape index (κ2) is 7.70. The first-order chi connectivity index (χ1) is 8.63. The number of ether oxygens (including phenoxy) is 1. The average molecular weight is 274 g/mol. The van der Waals surface area contributed by atoms with Gasteiger partial charge in [-0.15, -0.1) is 0 Å². The molecule has 0 rings (SSSR count). The number of carbonyl (C=O) groups is 1. The Hall–Kier alpha value is -0.810. The van der Waals surface area contributed by atoms with E-state index in [1.54, 1.807) is 11.9 Å². The lowest BCUT2D eigenvalue weighted by molar-refractivity contribution is 0.0298. The largest absolute Gasteiger partial charge is 0.444 e. The highest BCUT2D eigenvalue weighted by atomic mass is 16.6. The van der Waals surface area contributed by atoms with Crippen molar-refractivity contribution in [3.63, 3.8) is 0 Å². The highest BCUT2D eigenvalue weighted by Gasteiger charge is 2.21. The zero-order valence-corrected chi connectivity index (χ0v) is 13.2. The van der Waals surface area contributed by atoms with Crippen LogP contribution in [0.3, 0.4) is 0 Å². The number of amides is 1. The second-order valence-corrected chi connectivity index (χ2v) is 6.40. The zero-order chi connectivity index (χ0) is 15.1. The minimum Gasteiger partial charge on any atom is -0.444 e. The lowest BCUT2D eigenvalue weighted by Gasteiger charge is -2.27. The molecule has 0 saturated carbocycles. The van der Waals surface area contributed by atoms with Crippen LogP contribution in [0, 0.1) is 5.41 Å². The molecule has 0 saturated heterocycles. The average Bonchev–Trinajstić information content (AvgIpc) is 2.32. The van der Waals surface area contributed by atoms with Crippen LogP contribution in [0.15, 0.2) is 0 Å². The van der Waals surface area contributed by atoms with E-state index in [0.29, 0.717) is 13.1 Å². The van der Waals surface area contributed by atoms with Gasteiger partial charge in [0, 0.05) is 38.7 Å². The number of hydrogen-bond donors (Lipinski definition) is 2. The van der Waals surface area contributed by atoms with Crippen molar-refractivity contribution in [2.75, 3.05) is 33.3 Å². The van der Waals surface area contributed by atoms with Crippen molar-refractivity contribution >= 4 is 6.09 Å². The zero-order valence-electron chi connectivity index (χ0n) is 13.2. The van der Waals surface area contributed by atoms with Gasteiger partial charge in [0.25, 0.3) is 0 Å². The molecule has 5 nitrogen and oxygen atoms in total. The van der Waals surface area contributed by atoms with Gasteiger partial charge in [0.15, 0.2) is 0 Å². The normalized spacial score (nSPS) is 14.9. The molecule has 0 spiro atoms. The molecule has 0 fully saturated rings. The van der Waals surface area contributed by atoms with Crippen LogP contribution in [0.25, 0.3) is 0 Å². The van der Waals surface area contributed by atoms with E-state index in [-0.39, 0.29) is 18.1 Å². The Morgan fingerprint density at radius 2 is 1.89 bits per heavy atom. The molecule has 0 aliphatic rings. The van der Waals surface area contributed by atoms with Gasteiger partial charge in [-0.3, -0.25) is 0 Å². The number of nitrogens with zero attached hydrogens (tertiary/aromatic N) is 1. The first-order valence-electron chi connectivity index (χ1n) is 6.89. The summed E-state index contributed by atoms with van der Waals surface area (Å²) in [5, 5.41) is 12.6. The molecule has 114 valence electrons. The second-order valence-electron chi connectivity index (χ2n) is 6.40. The van der Waals surface area contributed by atoms with Gasteiger partial charge < -0.3 is 20.1 Å². The minimum atomic E-state index is -0.462. The van der Waals surface area contributed by atoms with Crippen LogP contribution in [-0.4, -0.2) is 55.0 Å². The Labute approximate surface area is 117 Å². The van der Waals surface area contributed by atoms with Crippen molar-refractivity contribution in [1.29, 1.82) is 0 Å². The van der Waals surface area contributed by atoms with Crippen LogP contribution in [0.1, 0.15) is 41.0 Å². The van der Waals surface area contributed by atoms with E-state index in [9.17, 15) is 9.90 Å². The lowest BCUT2D eigenvalue weighted by atomic mass is 9.89.